The molecule has 1 aromatic rings. The fourth-order valence-corrected chi connectivity index (χ4v) is 6.68. The van der Waals surface area contributed by atoms with Gasteiger partial charge in [-0.2, -0.15) is 0 Å². The zero-order valence-corrected chi connectivity index (χ0v) is 26.5. The van der Waals surface area contributed by atoms with Crippen LogP contribution in [0.25, 0.3) is 0 Å². The van der Waals surface area contributed by atoms with Crippen LogP contribution in [0.5, 0.6) is 11.5 Å². The first-order valence-electron chi connectivity index (χ1n) is 15.7. The number of carboxylic acids is 1. The highest BCUT2D eigenvalue weighted by Gasteiger charge is 2.51. The minimum atomic E-state index is -0.913. The second-order valence-electron chi connectivity index (χ2n) is 13.1. The molecular formula is C32H51N3O8. The molecule has 242 valence electrons. The van der Waals surface area contributed by atoms with Crippen LogP contribution in [0.15, 0.2) is 12.1 Å². The normalized spacial score (nSPS) is 22.5. The van der Waals surface area contributed by atoms with Gasteiger partial charge in [0.15, 0.2) is 17.8 Å². The van der Waals surface area contributed by atoms with E-state index < -0.39 is 35.6 Å². The minimum Gasteiger partial charge on any atom is -0.481 e. The number of fused-ring (bicyclic) bond motifs is 1. The van der Waals surface area contributed by atoms with E-state index in [1.54, 1.807) is 0 Å². The Morgan fingerprint density at radius 3 is 2.40 bits per heavy atom. The van der Waals surface area contributed by atoms with Crippen molar-refractivity contribution < 1.29 is 38.7 Å². The standard InChI is InChI=1S/C32H51N3O8/c1-6-7-11-34(12-9-8-10-33(4)5)27(37)19-35-18-24(22-15-23(20-36)29-26(16-22)42-21-43-29)28(30(38)39)25(35)17-32(2,3)31-40-13-14-41-31/h15-16,24-25,28,31,36H,6-14,17-21H2,1-5H3,(H,38,39)/t24-,25+,28-/m1/s1. The summed E-state index contributed by atoms with van der Waals surface area (Å²) in [6, 6.07) is 3.22. The highest BCUT2D eigenvalue weighted by atomic mass is 16.7. The number of carbonyl (C=O) groups is 2. The smallest absolute Gasteiger partial charge is 0.308 e. The first-order valence-corrected chi connectivity index (χ1v) is 15.7. The van der Waals surface area contributed by atoms with E-state index >= 15 is 0 Å². The molecule has 2 N–H and O–H groups in total. The summed E-state index contributed by atoms with van der Waals surface area (Å²) in [5.74, 6) is -1.08. The summed E-state index contributed by atoms with van der Waals surface area (Å²) < 4.78 is 22.9. The van der Waals surface area contributed by atoms with Crippen molar-refractivity contribution in [3.8, 4) is 11.5 Å². The molecule has 0 spiro atoms. The zero-order valence-electron chi connectivity index (χ0n) is 26.5. The maximum Gasteiger partial charge on any atom is 0.308 e. The van der Waals surface area contributed by atoms with Crippen molar-refractivity contribution in [3.63, 3.8) is 0 Å². The van der Waals surface area contributed by atoms with Crippen molar-refractivity contribution in [2.45, 2.75) is 77.7 Å². The van der Waals surface area contributed by atoms with Gasteiger partial charge in [0.1, 0.15) is 0 Å². The molecule has 1 amide bonds. The zero-order chi connectivity index (χ0) is 31.1. The lowest BCUT2D eigenvalue weighted by Gasteiger charge is -2.37. The number of carboxylic acid groups (broad SMARTS) is 1. The molecule has 3 aliphatic heterocycles. The Balaban J connectivity index is 1.62. The fraction of sp³-hybridized carbons (Fsp3) is 0.750. The van der Waals surface area contributed by atoms with Crippen molar-refractivity contribution in [1.82, 2.24) is 14.7 Å². The second-order valence-corrected chi connectivity index (χ2v) is 13.1. The van der Waals surface area contributed by atoms with E-state index in [0.29, 0.717) is 56.3 Å². The number of amides is 1. The number of hydrogen-bond acceptors (Lipinski definition) is 9. The maximum atomic E-state index is 13.9. The molecular weight excluding hydrogens is 554 g/mol. The van der Waals surface area contributed by atoms with Gasteiger partial charge in [-0.1, -0.05) is 27.2 Å². The van der Waals surface area contributed by atoms with Crippen LogP contribution >= 0.6 is 0 Å². The summed E-state index contributed by atoms with van der Waals surface area (Å²) in [6.07, 6.45) is 3.88. The largest absolute Gasteiger partial charge is 0.481 e. The van der Waals surface area contributed by atoms with E-state index in [9.17, 15) is 19.8 Å². The van der Waals surface area contributed by atoms with Gasteiger partial charge in [-0.3, -0.25) is 14.5 Å². The van der Waals surface area contributed by atoms with Gasteiger partial charge < -0.3 is 39.0 Å². The second kappa shape index (κ2) is 15.0. The van der Waals surface area contributed by atoms with Crippen molar-refractivity contribution in [3.05, 3.63) is 23.3 Å². The lowest BCUT2D eigenvalue weighted by atomic mass is 9.77. The van der Waals surface area contributed by atoms with E-state index in [2.05, 4.69) is 30.8 Å². The molecule has 3 heterocycles. The summed E-state index contributed by atoms with van der Waals surface area (Å²) >= 11 is 0. The van der Waals surface area contributed by atoms with Gasteiger partial charge in [0, 0.05) is 42.6 Å². The number of rotatable bonds is 16. The minimum absolute atomic E-state index is 0.0287. The first kappa shape index (κ1) is 33.5. The van der Waals surface area contributed by atoms with Crippen LogP contribution < -0.4 is 9.47 Å². The number of benzene rings is 1. The van der Waals surface area contributed by atoms with Crippen molar-refractivity contribution in [2.75, 3.05) is 66.8 Å². The van der Waals surface area contributed by atoms with Gasteiger partial charge in [-0.15, -0.1) is 0 Å². The van der Waals surface area contributed by atoms with Crippen LogP contribution in [0.2, 0.25) is 0 Å². The third-order valence-corrected chi connectivity index (χ3v) is 8.95. The number of unbranched alkanes of at least 4 members (excludes halogenated alkanes) is 2. The van der Waals surface area contributed by atoms with Gasteiger partial charge in [0.2, 0.25) is 12.7 Å². The topological polar surface area (TPSA) is 121 Å². The van der Waals surface area contributed by atoms with Gasteiger partial charge in [-0.05, 0) is 64.0 Å². The van der Waals surface area contributed by atoms with Crippen molar-refractivity contribution >= 4 is 11.9 Å². The number of aliphatic hydroxyl groups excluding tert-OH is 1. The van der Waals surface area contributed by atoms with Crippen LogP contribution in [0.3, 0.4) is 0 Å². The molecule has 2 fully saturated rings. The number of likely N-dealkylation sites (tertiary alicyclic amines) is 1. The van der Waals surface area contributed by atoms with Gasteiger partial charge in [-0.25, -0.2) is 0 Å². The van der Waals surface area contributed by atoms with E-state index in [-0.39, 0.29) is 25.9 Å². The molecule has 2 saturated heterocycles. The van der Waals surface area contributed by atoms with Gasteiger partial charge in [0.25, 0.3) is 0 Å². The average molecular weight is 606 g/mol. The summed E-state index contributed by atoms with van der Waals surface area (Å²) in [5.41, 5.74) is 0.847. The molecule has 0 radical (unpaired) electrons. The molecule has 0 aromatic heterocycles. The number of carbonyl (C=O) groups excluding carboxylic acids is 1. The number of aliphatic carboxylic acids is 1. The molecule has 4 rings (SSSR count). The summed E-state index contributed by atoms with van der Waals surface area (Å²) in [6.45, 7) is 9.90. The predicted octanol–water partition coefficient (Wildman–Crippen LogP) is 3.14. The molecule has 3 aliphatic rings. The Morgan fingerprint density at radius 2 is 1.74 bits per heavy atom. The third kappa shape index (κ3) is 8.19. The highest BCUT2D eigenvalue weighted by Crippen LogP contribution is 2.47. The Kier molecular flexibility index (Phi) is 11.7. The predicted molar refractivity (Wildman–Crippen MR) is 161 cm³/mol. The van der Waals surface area contributed by atoms with Gasteiger partial charge in [0.05, 0.1) is 32.3 Å². The number of hydrogen-bond donors (Lipinski definition) is 2. The van der Waals surface area contributed by atoms with Gasteiger partial charge >= 0.3 is 5.97 Å². The number of aliphatic hydroxyl groups is 1. The molecule has 1 aromatic carbocycles. The molecule has 0 aliphatic carbocycles. The summed E-state index contributed by atoms with van der Waals surface area (Å²) in [5, 5.41) is 20.7. The van der Waals surface area contributed by atoms with E-state index in [0.717, 1.165) is 37.8 Å². The van der Waals surface area contributed by atoms with Crippen LogP contribution in [0.1, 0.15) is 69.9 Å². The summed E-state index contributed by atoms with van der Waals surface area (Å²) in [7, 11) is 4.10. The van der Waals surface area contributed by atoms with E-state index in [1.807, 2.05) is 30.9 Å². The molecule has 11 heteroatoms. The SMILES string of the molecule is CCCCN(CCCCN(C)C)C(=O)CN1C[C@H](c2cc(CO)c3c(c2)OCO3)[C@@H](C(=O)O)[C@@H]1CC(C)(C)C1OCCO1. The molecule has 43 heavy (non-hydrogen) atoms. The van der Waals surface area contributed by atoms with E-state index in [4.69, 9.17) is 18.9 Å². The quantitative estimate of drug-likeness (QED) is 0.272. The number of nitrogens with zero attached hydrogens (tertiary/aromatic N) is 3. The lowest BCUT2D eigenvalue weighted by molar-refractivity contribution is -0.148. The molecule has 0 bridgehead atoms. The van der Waals surface area contributed by atoms with Crippen LogP contribution in [-0.4, -0.2) is 116 Å². The van der Waals surface area contributed by atoms with Crippen LogP contribution in [0.4, 0.5) is 0 Å². The molecule has 0 unspecified atom stereocenters. The highest BCUT2D eigenvalue weighted by molar-refractivity contribution is 5.79. The molecule has 3 atom stereocenters. The monoisotopic (exact) mass is 605 g/mol. The Labute approximate surface area is 256 Å². The maximum absolute atomic E-state index is 13.9. The molecule has 0 saturated carbocycles. The Bertz CT molecular complexity index is 1090. The van der Waals surface area contributed by atoms with Crippen LogP contribution in [0, 0.1) is 11.3 Å². The lowest BCUT2D eigenvalue weighted by Crippen LogP contribution is -2.47. The third-order valence-electron chi connectivity index (χ3n) is 8.95. The Hall–Kier alpha value is -2.44. The summed E-state index contributed by atoms with van der Waals surface area (Å²) in [4.78, 5) is 33.1. The molecule has 11 nitrogen and oxygen atoms in total. The number of ether oxygens (including phenoxy) is 4. The van der Waals surface area contributed by atoms with Crippen LogP contribution in [-0.2, 0) is 25.7 Å². The average Bonchev–Trinajstić information content (AvgIpc) is 3.73. The fourth-order valence-electron chi connectivity index (χ4n) is 6.68. The van der Waals surface area contributed by atoms with Crippen molar-refractivity contribution in [1.29, 1.82) is 0 Å². The van der Waals surface area contributed by atoms with Crippen molar-refractivity contribution in [2.24, 2.45) is 11.3 Å². The Morgan fingerprint density at radius 1 is 1.05 bits per heavy atom. The van der Waals surface area contributed by atoms with E-state index in [1.165, 1.54) is 0 Å². The first-order chi connectivity index (χ1) is 20.6.